The molecule has 0 saturated heterocycles. The van der Waals surface area contributed by atoms with E-state index in [2.05, 4.69) is 11.4 Å². The number of aliphatic hydroxyl groups is 1. The number of benzene rings is 1. The van der Waals surface area contributed by atoms with E-state index in [0.29, 0.717) is 0 Å². The summed E-state index contributed by atoms with van der Waals surface area (Å²) in [5.41, 5.74) is 1.68. The van der Waals surface area contributed by atoms with Crippen molar-refractivity contribution in [2.75, 3.05) is 19.0 Å². The number of hydrogen-bond donors (Lipinski definition) is 2. The maximum Gasteiger partial charge on any atom is 0.241 e. The first kappa shape index (κ1) is 14.0. The van der Waals surface area contributed by atoms with Crippen LogP contribution in [-0.2, 0) is 11.2 Å². The monoisotopic (exact) mass is 262 g/mol. The first-order valence-corrected chi connectivity index (χ1v) is 6.68. The number of fused-ring (bicyclic) bond motifs is 1. The molecule has 1 atom stereocenters. The van der Waals surface area contributed by atoms with Crippen LogP contribution in [0.5, 0.6) is 0 Å². The Morgan fingerprint density at radius 3 is 2.79 bits per heavy atom. The van der Waals surface area contributed by atoms with Gasteiger partial charge in [-0.25, -0.2) is 0 Å². The standard InChI is InChI=1S/C15H22N2O2/c1-15(2,10-18)17(3)13-9-8-11-6-4-5-7-12(11)16-14(13)19/h4-7,13,18H,8-10H2,1-3H3,(H,16,19). The van der Waals surface area contributed by atoms with Crippen LogP contribution < -0.4 is 5.32 Å². The molecule has 1 aliphatic rings. The average Bonchev–Trinajstić information content (AvgIpc) is 2.56. The lowest BCUT2D eigenvalue weighted by atomic mass is 9.98. The normalized spacial score (nSPS) is 19.8. The van der Waals surface area contributed by atoms with E-state index >= 15 is 0 Å². The Balaban J connectivity index is 2.21. The number of rotatable bonds is 3. The number of nitrogens with one attached hydrogen (secondary N) is 1. The van der Waals surface area contributed by atoms with Crippen molar-refractivity contribution in [1.29, 1.82) is 0 Å². The Morgan fingerprint density at radius 1 is 1.42 bits per heavy atom. The molecule has 0 aromatic heterocycles. The Labute approximate surface area is 114 Å². The van der Waals surface area contributed by atoms with E-state index < -0.39 is 5.54 Å². The van der Waals surface area contributed by atoms with Gasteiger partial charge in [0.05, 0.1) is 12.6 Å². The molecule has 1 amide bonds. The minimum Gasteiger partial charge on any atom is -0.394 e. The third-order valence-electron chi connectivity index (χ3n) is 4.07. The summed E-state index contributed by atoms with van der Waals surface area (Å²) in [5, 5.41) is 12.4. The first-order chi connectivity index (χ1) is 8.95. The van der Waals surface area contributed by atoms with E-state index in [-0.39, 0.29) is 18.6 Å². The van der Waals surface area contributed by atoms with E-state index in [4.69, 9.17) is 0 Å². The quantitative estimate of drug-likeness (QED) is 0.870. The van der Waals surface area contributed by atoms with Crippen molar-refractivity contribution >= 4 is 11.6 Å². The van der Waals surface area contributed by atoms with E-state index in [1.54, 1.807) is 0 Å². The molecular formula is C15H22N2O2. The largest absolute Gasteiger partial charge is 0.394 e. The smallest absolute Gasteiger partial charge is 0.241 e. The van der Waals surface area contributed by atoms with Crippen LogP contribution in [-0.4, -0.2) is 41.1 Å². The van der Waals surface area contributed by atoms with Gasteiger partial charge in [0.2, 0.25) is 5.91 Å². The third-order valence-corrected chi connectivity index (χ3v) is 4.07. The summed E-state index contributed by atoms with van der Waals surface area (Å²) in [7, 11) is 1.90. The van der Waals surface area contributed by atoms with Crippen LogP contribution in [0.3, 0.4) is 0 Å². The van der Waals surface area contributed by atoms with Gasteiger partial charge in [0.25, 0.3) is 0 Å². The number of amides is 1. The number of anilines is 1. The molecule has 1 aliphatic heterocycles. The van der Waals surface area contributed by atoms with Crippen molar-refractivity contribution in [2.45, 2.75) is 38.3 Å². The van der Waals surface area contributed by atoms with E-state index in [1.165, 1.54) is 5.56 Å². The molecule has 4 nitrogen and oxygen atoms in total. The van der Waals surface area contributed by atoms with Gasteiger partial charge in [-0.15, -0.1) is 0 Å². The lowest BCUT2D eigenvalue weighted by Gasteiger charge is -2.38. The zero-order valence-electron chi connectivity index (χ0n) is 11.8. The summed E-state index contributed by atoms with van der Waals surface area (Å²) < 4.78 is 0. The molecule has 2 N–H and O–H groups in total. The summed E-state index contributed by atoms with van der Waals surface area (Å²) in [4.78, 5) is 14.3. The molecule has 0 spiro atoms. The summed E-state index contributed by atoms with van der Waals surface area (Å²) >= 11 is 0. The topological polar surface area (TPSA) is 52.6 Å². The SMILES string of the molecule is CN(C1CCc2ccccc2NC1=O)C(C)(C)CO. The van der Waals surface area contributed by atoms with E-state index in [9.17, 15) is 9.90 Å². The molecular weight excluding hydrogens is 240 g/mol. The molecule has 0 bridgehead atoms. The summed E-state index contributed by atoms with van der Waals surface area (Å²) in [6.45, 7) is 3.91. The summed E-state index contributed by atoms with van der Waals surface area (Å²) in [5.74, 6) is 0.00831. The number of aryl methyl sites for hydroxylation is 1. The number of carbonyl (C=O) groups is 1. The molecule has 0 radical (unpaired) electrons. The number of likely N-dealkylation sites (N-methyl/N-ethyl adjacent to an activating group) is 1. The molecule has 19 heavy (non-hydrogen) atoms. The zero-order valence-corrected chi connectivity index (χ0v) is 11.8. The predicted octanol–water partition coefficient (Wildman–Crippen LogP) is 1.64. The van der Waals surface area contributed by atoms with Gasteiger partial charge < -0.3 is 10.4 Å². The minimum absolute atomic E-state index is 0.00831. The highest BCUT2D eigenvalue weighted by Crippen LogP contribution is 2.26. The molecule has 0 saturated carbocycles. The second kappa shape index (κ2) is 5.31. The van der Waals surface area contributed by atoms with Crippen LogP contribution in [0.25, 0.3) is 0 Å². The van der Waals surface area contributed by atoms with Crippen LogP contribution in [0.1, 0.15) is 25.8 Å². The fourth-order valence-electron chi connectivity index (χ4n) is 2.40. The molecule has 2 rings (SSSR count). The van der Waals surface area contributed by atoms with Gasteiger partial charge in [-0.05, 0) is 45.4 Å². The lowest BCUT2D eigenvalue weighted by molar-refractivity contribution is -0.123. The summed E-state index contributed by atoms with van der Waals surface area (Å²) in [6, 6.07) is 7.70. The Bertz CT molecular complexity index is 471. The van der Waals surface area contributed by atoms with Crippen molar-refractivity contribution in [2.24, 2.45) is 0 Å². The summed E-state index contributed by atoms with van der Waals surface area (Å²) in [6.07, 6.45) is 1.63. The molecule has 0 fully saturated rings. The second-order valence-electron chi connectivity index (χ2n) is 5.78. The predicted molar refractivity (Wildman–Crippen MR) is 76.1 cm³/mol. The van der Waals surface area contributed by atoms with Gasteiger partial charge in [-0.2, -0.15) is 0 Å². The van der Waals surface area contributed by atoms with Crippen molar-refractivity contribution in [3.05, 3.63) is 29.8 Å². The lowest BCUT2D eigenvalue weighted by Crippen LogP contribution is -2.53. The van der Waals surface area contributed by atoms with Crippen LogP contribution in [0.2, 0.25) is 0 Å². The second-order valence-corrected chi connectivity index (χ2v) is 5.78. The molecule has 1 unspecified atom stereocenters. The third kappa shape index (κ3) is 2.80. The maximum atomic E-state index is 12.3. The fourth-order valence-corrected chi connectivity index (χ4v) is 2.40. The molecule has 104 valence electrons. The number of para-hydroxylation sites is 1. The Hall–Kier alpha value is -1.39. The van der Waals surface area contributed by atoms with Crippen LogP contribution in [0.4, 0.5) is 5.69 Å². The van der Waals surface area contributed by atoms with Crippen LogP contribution in [0, 0.1) is 0 Å². The zero-order chi connectivity index (χ0) is 14.0. The minimum atomic E-state index is -0.404. The van der Waals surface area contributed by atoms with Gasteiger partial charge >= 0.3 is 0 Å². The van der Waals surface area contributed by atoms with Crippen molar-refractivity contribution in [3.8, 4) is 0 Å². The number of hydrogen-bond acceptors (Lipinski definition) is 3. The van der Waals surface area contributed by atoms with Crippen LogP contribution in [0.15, 0.2) is 24.3 Å². The van der Waals surface area contributed by atoms with Crippen molar-refractivity contribution in [3.63, 3.8) is 0 Å². The van der Waals surface area contributed by atoms with Crippen molar-refractivity contribution in [1.82, 2.24) is 4.90 Å². The number of aliphatic hydroxyl groups excluding tert-OH is 1. The van der Waals surface area contributed by atoms with Crippen molar-refractivity contribution < 1.29 is 9.90 Å². The van der Waals surface area contributed by atoms with Gasteiger partial charge in [-0.1, -0.05) is 18.2 Å². The van der Waals surface area contributed by atoms with E-state index in [0.717, 1.165) is 18.5 Å². The molecule has 1 heterocycles. The first-order valence-electron chi connectivity index (χ1n) is 6.68. The molecule has 1 aromatic rings. The average molecular weight is 262 g/mol. The Kier molecular flexibility index (Phi) is 3.92. The number of carbonyl (C=O) groups excluding carboxylic acids is 1. The highest BCUT2D eigenvalue weighted by Gasteiger charge is 2.34. The highest BCUT2D eigenvalue weighted by atomic mass is 16.3. The van der Waals surface area contributed by atoms with Crippen LogP contribution >= 0.6 is 0 Å². The molecule has 0 aliphatic carbocycles. The Morgan fingerprint density at radius 2 is 2.11 bits per heavy atom. The van der Waals surface area contributed by atoms with Gasteiger partial charge in [-0.3, -0.25) is 9.69 Å². The molecule has 1 aromatic carbocycles. The maximum absolute atomic E-state index is 12.3. The van der Waals surface area contributed by atoms with Gasteiger partial charge in [0.1, 0.15) is 0 Å². The van der Waals surface area contributed by atoms with Gasteiger partial charge in [0, 0.05) is 11.2 Å². The highest BCUT2D eigenvalue weighted by molar-refractivity contribution is 5.96. The molecule has 4 heteroatoms. The fraction of sp³-hybridized carbons (Fsp3) is 0.533. The van der Waals surface area contributed by atoms with Gasteiger partial charge in [0.15, 0.2) is 0 Å². The number of nitrogens with zero attached hydrogens (tertiary/aromatic N) is 1. The van der Waals surface area contributed by atoms with E-state index in [1.807, 2.05) is 44.0 Å².